The Bertz CT molecular complexity index is 3350. The summed E-state index contributed by atoms with van der Waals surface area (Å²) in [5.74, 6) is 0. The van der Waals surface area contributed by atoms with Crippen molar-refractivity contribution in [1.29, 1.82) is 0 Å². The van der Waals surface area contributed by atoms with E-state index in [4.69, 9.17) is 4.42 Å². The highest BCUT2D eigenvalue weighted by atomic mass is 16.3. The third-order valence-corrected chi connectivity index (χ3v) is 12.8. The van der Waals surface area contributed by atoms with Gasteiger partial charge in [0.05, 0.1) is 11.1 Å². The van der Waals surface area contributed by atoms with E-state index in [9.17, 15) is 0 Å². The van der Waals surface area contributed by atoms with Crippen LogP contribution in [0.15, 0.2) is 241 Å². The molecular weight excluding hydrogens is 739 g/mol. The van der Waals surface area contributed by atoms with Gasteiger partial charge in [-0.25, -0.2) is 0 Å². The Morgan fingerprint density at radius 2 is 0.885 bits per heavy atom. The fraction of sp³-hybridized carbons (Fsp3) is 0.0169. The number of hydrogen-bond acceptors (Lipinski definition) is 2. The van der Waals surface area contributed by atoms with Crippen LogP contribution in [0.5, 0.6) is 0 Å². The molecular formula is C59H39NO. The second-order valence-corrected chi connectivity index (χ2v) is 16.0. The van der Waals surface area contributed by atoms with Gasteiger partial charge in [-0.05, 0) is 91.9 Å². The van der Waals surface area contributed by atoms with Gasteiger partial charge in [-0.15, -0.1) is 0 Å². The maximum absolute atomic E-state index is 6.87. The van der Waals surface area contributed by atoms with Gasteiger partial charge < -0.3 is 9.32 Å². The minimum absolute atomic E-state index is 0.627. The molecule has 1 aliphatic rings. The summed E-state index contributed by atoms with van der Waals surface area (Å²) in [6, 6.07) is 86.0. The summed E-state index contributed by atoms with van der Waals surface area (Å²) in [5.41, 5.74) is 16.5. The molecule has 0 saturated heterocycles. The molecule has 0 saturated carbocycles. The van der Waals surface area contributed by atoms with Crippen molar-refractivity contribution in [2.75, 3.05) is 4.90 Å². The van der Waals surface area contributed by atoms with Crippen molar-refractivity contribution >= 4 is 49.8 Å². The molecule has 0 amide bonds. The third kappa shape index (κ3) is 5.43. The Morgan fingerprint density at radius 1 is 0.344 bits per heavy atom. The van der Waals surface area contributed by atoms with Crippen molar-refractivity contribution in [3.8, 4) is 33.4 Å². The van der Waals surface area contributed by atoms with Crippen molar-refractivity contribution in [2.45, 2.75) is 5.41 Å². The van der Waals surface area contributed by atoms with E-state index in [2.05, 4.69) is 241 Å². The summed E-state index contributed by atoms with van der Waals surface area (Å²) in [6.45, 7) is 0. The van der Waals surface area contributed by atoms with E-state index < -0.39 is 5.41 Å². The molecule has 0 atom stereocenters. The van der Waals surface area contributed by atoms with Gasteiger partial charge in [0.15, 0.2) is 0 Å². The summed E-state index contributed by atoms with van der Waals surface area (Å²) in [6.07, 6.45) is 0. The summed E-state index contributed by atoms with van der Waals surface area (Å²) in [4.78, 5) is 2.45. The van der Waals surface area contributed by atoms with Crippen LogP contribution in [0, 0.1) is 0 Å². The number of anilines is 3. The fourth-order valence-electron chi connectivity index (χ4n) is 10.1. The number of hydrogen-bond donors (Lipinski definition) is 0. The first kappa shape index (κ1) is 35.0. The van der Waals surface area contributed by atoms with Crippen LogP contribution >= 0.6 is 0 Å². The minimum atomic E-state index is -0.627. The molecule has 0 radical (unpaired) electrons. The Kier molecular flexibility index (Phi) is 8.11. The average molecular weight is 778 g/mol. The number of benzene rings is 10. The molecule has 1 heterocycles. The summed E-state index contributed by atoms with van der Waals surface area (Å²) < 4.78 is 6.87. The van der Waals surface area contributed by atoms with Crippen LogP contribution < -0.4 is 4.90 Å². The Hall–Kier alpha value is -7.94. The zero-order valence-corrected chi connectivity index (χ0v) is 33.4. The van der Waals surface area contributed by atoms with E-state index in [1.807, 2.05) is 0 Å². The highest BCUT2D eigenvalue weighted by Crippen LogP contribution is 2.59. The molecule has 10 aromatic carbocycles. The van der Waals surface area contributed by atoms with Crippen molar-refractivity contribution in [2.24, 2.45) is 0 Å². The van der Waals surface area contributed by atoms with Gasteiger partial charge >= 0.3 is 0 Å². The number of nitrogens with zero attached hydrogens (tertiary/aromatic N) is 1. The lowest BCUT2D eigenvalue weighted by molar-refractivity contribution is 0.669. The zero-order valence-electron chi connectivity index (χ0n) is 33.4. The van der Waals surface area contributed by atoms with Gasteiger partial charge in [0.25, 0.3) is 0 Å². The summed E-state index contributed by atoms with van der Waals surface area (Å²) >= 11 is 0. The van der Waals surface area contributed by atoms with E-state index in [1.165, 1.54) is 60.8 Å². The van der Waals surface area contributed by atoms with Crippen molar-refractivity contribution in [1.82, 2.24) is 0 Å². The lowest BCUT2D eigenvalue weighted by atomic mass is 9.67. The van der Waals surface area contributed by atoms with E-state index in [0.717, 1.165) is 44.6 Å². The first-order chi connectivity index (χ1) is 30.3. The molecule has 286 valence electrons. The molecule has 0 spiro atoms. The predicted octanol–water partition coefficient (Wildman–Crippen LogP) is 15.9. The Morgan fingerprint density at radius 3 is 1.57 bits per heavy atom. The van der Waals surface area contributed by atoms with Crippen LogP contribution in [0.4, 0.5) is 17.1 Å². The van der Waals surface area contributed by atoms with Gasteiger partial charge in [0, 0.05) is 33.1 Å². The molecule has 12 rings (SSSR count). The fourth-order valence-corrected chi connectivity index (χ4v) is 10.1. The third-order valence-electron chi connectivity index (χ3n) is 12.8. The van der Waals surface area contributed by atoms with Crippen LogP contribution in [0.25, 0.3) is 66.1 Å². The molecule has 1 aliphatic carbocycles. The van der Waals surface area contributed by atoms with Gasteiger partial charge in [-0.2, -0.15) is 0 Å². The SMILES string of the molecule is c1ccc(-c2ccc(N(c3ccc4c(c3)C(c3ccccc3)(c3ccccc3)c3ccc5c(oc6ccccc65)c3-4)c3ccc(-c4ccccc4)c4ccccc34)cc2)cc1. The van der Waals surface area contributed by atoms with Crippen LogP contribution in [0.1, 0.15) is 22.3 Å². The lowest BCUT2D eigenvalue weighted by Crippen LogP contribution is -2.28. The molecule has 0 aliphatic heterocycles. The highest BCUT2D eigenvalue weighted by molar-refractivity contribution is 6.13. The molecule has 0 bridgehead atoms. The number of para-hydroxylation sites is 1. The summed E-state index contributed by atoms with van der Waals surface area (Å²) in [5, 5.41) is 4.65. The topological polar surface area (TPSA) is 16.4 Å². The molecule has 2 nitrogen and oxygen atoms in total. The zero-order chi connectivity index (χ0) is 40.3. The maximum atomic E-state index is 6.87. The van der Waals surface area contributed by atoms with Gasteiger partial charge in [0.1, 0.15) is 11.2 Å². The number of fused-ring (bicyclic) bond motifs is 8. The second kappa shape index (κ2) is 14.1. The first-order valence-corrected chi connectivity index (χ1v) is 21.0. The van der Waals surface area contributed by atoms with Crippen molar-refractivity contribution in [3.63, 3.8) is 0 Å². The highest BCUT2D eigenvalue weighted by Gasteiger charge is 2.47. The summed E-state index contributed by atoms with van der Waals surface area (Å²) in [7, 11) is 0. The second-order valence-electron chi connectivity index (χ2n) is 16.0. The number of furan rings is 1. The molecule has 0 unspecified atom stereocenters. The van der Waals surface area contributed by atoms with Crippen LogP contribution in [-0.2, 0) is 5.41 Å². The predicted molar refractivity (Wildman–Crippen MR) is 254 cm³/mol. The maximum Gasteiger partial charge on any atom is 0.143 e. The quantitative estimate of drug-likeness (QED) is 0.160. The van der Waals surface area contributed by atoms with Crippen LogP contribution in [0.2, 0.25) is 0 Å². The van der Waals surface area contributed by atoms with Crippen LogP contribution in [0.3, 0.4) is 0 Å². The number of rotatable bonds is 7. The molecule has 11 aromatic rings. The minimum Gasteiger partial charge on any atom is -0.455 e. The lowest BCUT2D eigenvalue weighted by Gasteiger charge is -2.35. The molecule has 0 fully saturated rings. The monoisotopic (exact) mass is 777 g/mol. The first-order valence-electron chi connectivity index (χ1n) is 21.0. The smallest absolute Gasteiger partial charge is 0.143 e. The van der Waals surface area contributed by atoms with Gasteiger partial charge in [0.2, 0.25) is 0 Å². The van der Waals surface area contributed by atoms with Crippen LogP contribution in [-0.4, -0.2) is 0 Å². The molecule has 0 N–H and O–H groups in total. The standard InChI is InChI=1S/C59H39NO/c1-5-17-40(18-6-1)41-29-31-45(32-30-41)60(55-38-36-47(42-19-7-2-8-20-42)48-25-13-14-26-49(48)55)46-33-34-52-54(39-46)59(43-21-9-3-10-22-43,44-23-11-4-12-24-44)53-37-35-51-50-27-15-16-28-56(50)61-58(51)57(52)53/h1-39H. The van der Waals surface area contributed by atoms with E-state index >= 15 is 0 Å². The molecule has 2 heteroatoms. The largest absolute Gasteiger partial charge is 0.455 e. The van der Waals surface area contributed by atoms with E-state index in [-0.39, 0.29) is 0 Å². The normalized spacial score (nSPS) is 12.7. The van der Waals surface area contributed by atoms with Gasteiger partial charge in [-0.3, -0.25) is 0 Å². The Labute approximate surface area is 355 Å². The van der Waals surface area contributed by atoms with Crippen molar-refractivity contribution in [3.05, 3.63) is 259 Å². The van der Waals surface area contributed by atoms with Crippen molar-refractivity contribution < 1.29 is 4.42 Å². The average Bonchev–Trinajstić information content (AvgIpc) is 3.87. The molecule has 1 aromatic heterocycles. The molecule has 61 heavy (non-hydrogen) atoms. The van der Waals surface area contributed by atoms with E-state index in [0.29, 0.717) is 0 Å². The Balaban J connectivity index is 1.15. The van der Waals surface area contributed by atoms with Gasteiger partial charge in [-0.1, -0.05) is 200 Å². The van der Waals surface area contributed by atoms with E-state index in [1.54, 1.807) is 0 Å².